The van der Waals surface area contributed by atoms with Gasteiger partial charge in [0.2, 0.25) is 0 Å². The molecule has 0 bridgehead atoms. The molecule has 5 rings (SSSR count). The fraction of sp³-hybridized carbons (Fsp3) is 0.179. The number of carbonyl (C=O) groups excluding carboxylic acids is 2. The van der Waals surface area contributed by atoms with Crippen LogP contribution in [0.25, 0.3) is 16.0 Å². The lowest BCUT2D eigenvalue weighted by molar-refractivity contribution is -0.132. The van der Waals surface area contributed by atoms with E-state index < -0.39 is 29.3 Å². The largest absolute Gasteiger partial charge is 0.507 e. The van der Waals surface area contributed by atoms with Crippen molar-refractivity contribution < 1.29 is 33.3 Å². The Hall–Kier alpha value is -4.44. The van der Waals surface area contributed by atoms with Gasteiger partial charge in [0.25, 0.3) is 5.78 Å². The molecule has 3 aromatic carbocycles. The summed E-state index contributed by atoms with van der Waals surface area (Å²) in [6, 6.07) is 14.3. The maximum Gasteiger partial charge on any atom is 0.301 e. The lowest BCUT2D eigenvalue weighted by atomic mass is 9.94. The Morgan fingerprint density at radius 1 is 1.08 bits per heavy atom. The van der Waals surface area contributed by atoms with Crippen LogP contribution >= 0.6 is 11.3 Å². The second kappa shape index (κ2) is 10.1. The van der Waals surface area contributed by atoms with E-state index >= 15 is 0 Å². The zero-order valence-corrected chi connectivity index (χ0v) is 21.5. The minimum atomic E-state index is -1.10. The summed E-state index contributed by atoms with van der Waals surface area (Å²) < 4.78 is 31.0. The van der Waals surface area contributed by atoms with Crippen molar-refractivity contribution in [1.29, 1.82) is 0 Å². The van der Waals surface area contributed by atoms with E-state index in [0.717, 1.165) is 16.8 Å². The molecule has 10 heteroatoms. The van der Waals surface area contributed by atoms with Crippen LogP contribution in [0, 0.1) is 5.82 Å². The summed E-state index contributed by atoms with van der Waals surface area (Å²) in [7, 11) is 2.92. The normalized spacial score (nSPS) is 16.7. The van der Waals surface area contributed by atoms with E-state index in [1.165, 1.54) is 42.6 Å². The zero-order valence-electron chi connectivity index (χ0n) is 20.7. The lowest BCUT2D eigenvalue weighted by Gasteiger charge is -2.25. The first-order valence-electron chi connectivity index (χ1n) is 11.7. The molecule has 1 amide bonds. The van der Waals surface area contributed by atoms with Crippen molar-refractivity contribution in [3.8, 4) is 17.2 Å². The molecule has 8 nitrogen and oxygen atoms in total. The Balaban J connectivity index is 1.75. The van der Waals surface area contributed by atoms with Gasteiger partial charge < -0.3 is 19.3 Å². The molecular weight excluding hydrogens is 511 g/mol. The molecule has 0 saturated carbocycles. The first-order valence-corrected chi connectivity index (χ1v) is 12.5. The highest BCUT2D eigenvalue weighted by Crippen LogP contribution is 2.48. The highest BCUT2D eigenvalue weighted by Gasteiger charge is 2.49. The van der Waals surface area contributed by atoms with Crippen LogP contribution in [0.2, 0.25) is 0 Å². The molecule has 194 valence electrons. The maximum absolute atomic E-state index is 13.6. The summed E-state index contributed by atoms with van der Waals surface area (Å²) in [5.41, 5.74) is 1.03. The summed E-state index contributed by atoms with van der Waals surface area (Å²) in [5.74, 6) is -1.41. The lowest BCUT2D eigenvalue weighted by Crippen LogP contribution is -2.29. The van der Waals surface area contributed by atoms with Crippen molar-refractivity contribution in [2.75, 3.05) is 25.7 Å². The van der Waals surface area contributed by atoms with Gasteiger partial charge in [-0.05, 0) is 55.5 Å². The molecule has 38 heavy (non-hydrogen) atoms. The summed E-state index contributed by atoms with van der Waals surface area (Å²) in [4.78, 5) is 32.9. The number of rotatable bonds is 7. The summed E-state index contributed by atoms with van der Waals surface area (Å²) in [6.07, 6.45) is 0. The molecule has 4 aromatic rings. The SMILES string of the molecule is CCOc1ccc2nc(N3C(=O)C(=O)/C(=C(/O)c4ccc(F)cc4)C3c3cccc(OC)c3OC)sc2c1. The number of aromatic nitrogens is 1. The minimum absolute atomic E-state index is 0.178. The van der Waals surface area contributed by atoms with Gasteiger partial charge >= 0.3 is 5.91 Å². The van der Waals surface area contributed by atoms with Crippen LogP contribution in [0.4, 0.5) is 9.52 Å². The number of ketones is 1. The van der Waals surface area contributed by atoms with Gasteiger partial charge in [-0.2, -0.15) is 0 Å². The van der Waals surface area contributed by atoms with Crippen molar-refractivity contribution >= 4 is 44.1 Å². The second-order valence-corrected chi connectivity index (χ2v) is 9.33. The van der Waals surface area contributed by atoms with Gasteiger partial charge in [0.05, 0.1) is 36.6 Å². The van der Waals surface area contributed by atoms with Crippen LogP contribution in [-0.2, 0) is 9.59 Å². The summed E-state index contributed by atoms with van der Waals surface area (Å²) >= 11 is 1.21. The highest BCUT2D eigenvalue weighted by molar-refractivity contribution is 7.22. The summed E-state index contributed by atoms with van der Waals surface area (Å²) in [5, 5.41) is 11.5. The van der Waals surface area contributed by atoms with Crippen LogP contribution in [0.5, 0.6) is 17.2 Å². The number of fused-ring (bicyclic) bond motifs is 1. The number of Topliss-reactive ketones (excluding diaryl/α,β-unsaturated/α-hetero) is 1. The van der Waals surface area contributed by atoms with Crippen molar-refractivity contribution in [2.45, 2.75) is 13.0 Å². The molecule has 0 aliphatic carbocycles. The molecule has 1 aromatic heterocycles. The molecule has 1 aliphatic rings. The van der Waals surface area contributed by atoms with Crippen LogP contribution < -0.4 is 19.1 Å². The van der Waals surface area contributed by atoms with Gasteiger partial charge in [-0.25, -0.2) is 9.37 Å². The van der Waals surface area contributed by atoms with E-state index in [4.69, 9.17) is 14.2 Å². The number of carbonyl (C=O) groups is 2. The highest BCUT2D eigenvalue weighted by atomic mass is 32.1. The van der Waals surface area contributed by atoms with Crippen molar-refractivity contribution in [2.24, 2.45) is 0 Å². The number of benzene rings is 3. The average Bonchev–Trinajstić information content (AvgIpc) is 3.45. The minimum Gasteiger partial charge on any atom is -0.507 e. The standard InChI is InChI=1S/C28H23FN2O6S/c1-4-37-17-12-13-19-21(14-17)38-28(30-19)31-23(18-6-5-7-20(35-2)26(18)36-3)22(25(33)27(31)34)24(32)15-8-10-16(29)11-9-15/h5-14,23,32H,4H2,1-3H3/b24-22+. The topological polar surface area (TPSA) is 98.2 Å². The summed E-state index contributed by atoms with van der Waals surface area (Å²) in [6.45, 7) is 2.37. The molecule has 1 unspecified atom stereocenters. The van der Waals surface area contributed by atoms with Gasteiger partial charge in [0.15, 0.2) is 16.6 Å². The number of ether oxygens (including phenoxy) is 3. The first kappa shape index (κ1) is 25.2. The number of nitrogens with zero attached hydrogens (tertiary/aromatic N) is 2. The molecule has 0 spiro atoms. The Morgan fingerprint density at radius 3 is 2.53 bits per heavy atom. The average molecular weight is 535 g/mol. The van der Waals surface area contributed by atoms with Gasteiger partial charge in [0.1, 0.15) is 23.4 Å². The third kappa shape index (κ3) is 4.22. The molecule has 1 aliphatic heterocycles. The van der Waals surface area contributed by atoms with Crippen molar-refractivity contribution in [3.63, 3.8) is 0 Å². The third-order valence-corrected chi connectivity index (χ3v) is 7.17. The quantitative estimate of drug-likeness (QED) is 0.191. The smallest absolute Gasteiger partial charge is 0.301 e. The Kier molecular flexibility index (Phi) is 6.73. The van der Waals surface area contributed by atoms with E-state index in [2.05, 4.69) is 4.98 Å². The number of thiazole rings is 1. The van der Waals surface area contributed by atoms with Crippen LogP contribution in [-0.4, -0.2) is 42.6 Å². The van der Waals surface area contributed by atoms with Crippen LogP contribution in [0.3, 0.4) is 0 Å². The van der Waals surface area contributed by atoms with Gasteiger partial charge in [-0.15, -0.1) is 0 Å². The number of para-hydroxylation sites is 1. The van der Waals surface area contributed by atoms with E-state index in [1.54, 1.807) is 30.3 Å². The molecule has 1 fully saturated rings. The predicted molar refractivity (Wildman–Crippen MR) is 142 cm³/mol. The predicted octanol–water partition coefficient (Wildman–Crippen LogP) is 5.48. The number of anilines is 1. The number of amides is 1. The Bertz CT molecular complexity index is 1580. The molecule has 1 saturated heterocycles. The zero-order chi connectivity index (χ0) is 27.0. The number of hydrogen-bond acceptors (Lipinski definition) is 8. The van der Waals surface area contributed by atoms with E-state index in [9.17, 15) is 19.1 Å². The number of aliphatic hydroxyl groups excluding tert-OH is 1. The maximum atomic E-state index is 13.6. The molecule has 0 radical (unpaired) electrons. The second-order valence-electron chi connectivity index (χ2n) is 8.32. The van der Waals surface area contributed by atoms with Crippen LogP contribution in [0.1, 0.15) is 24.1 Å². The van der Waals surface area contributed by atoms with Crippen molar-refractivity contribution in [1.82, 2.24) is 4.98 Å². The van der Waals surface area contributed by atoms with E-state index in [1.807, 2.05) is 13.0 Å². The fourth-order valence-corrected chi connectivity index (χ4v) is 5.49. The van der Waals surface area contributed by atoms with Gasteiger partial charge in [0, 0.05) is 11.1 Å². The number of halogens is 1. The van der Waals surface area contributed by atoms with Gasteiger partial charge in [-0.1, -0.05) is 23.5 Å². The van der Waals surface area contributed by atoms with E-state index in [-0.39, 0.29) is 22.0 Å². The monoisotopic (exact) mass is 534 g/mol. The Morgan fingerprint density at radius 2 is 1.84 bits per heavy atom. The molecular formula is C28H23FN2O6S. The van der Waals surface area contributed by atoms with Crippen LogP contribution in [0.15, 0.2) is 66.2 Å². The molecule has 2 heterocycles. The Labute approximate surface area is 221 Å². The molecule has 1 N–H and O–H groups in total. The van der Waals surface area contributed by atoms with E-state index in [0.29, 0.717) is 29.2 Å². The number of hydrogen-bond donors (Lipinski definition) is 1. The third-order valence-electron chi connectivity index (χ3n) is 6.16. The number of aliphatic hydroxyl groups is 1. The fourth-order valence-electron chi connectivity index (χ4n) is 4.47. The first-order chi connectivity index (χ1) is 18.4. The van der Waals surface area contributed by atoms with Gasteiger partial charge in [-0.3, -0.25) is 14.5 Å². The number of methoxy groups -OCH3 is 2. The van der Waals surface area contributed by atoms with Crippen molar-refractivity contribution in [3.05, 3.63) is 83.2 Å². The molecule has 1 atom stereocenters.